The first-order chi connectivity index (χ1) is 9.24. The molecule has 0 aliphatic carbocycles. The summed E-state index contributed by atoms with van der Waals surface area (Å²) in [5.74, 6) is -0.123. The lowest BCUT2D eigenvalue weighted by Gasteiger charge is -2.02. The lowest BCUT2D eigenvalue weighted by Crippen LogP contribution is -2.11. The third-order valence-electron chi connectivity index (χ3n) is 3.14. The fraction of sp³-hybridized carbons (Fsp3) is 0.0625. The van der Waals surface area contributed by atoms with Gasteiger partial charge in [0.2, 0.25) is 0 Å². The molecular weight excluding hydrogens is 236 g/mol. The molecule has 0 saturated heterocycles. The average molecular weight is 250 g/mol. The van der Waals surface area contributed by atoms with Crippen LogP contribution in [-0.2, 0) is 0 Å². The molecule has 19 heavy (non-hydrogen) atoms. The van der Waals surface area contributed by atoms with E-state index in [2.05, 4.69) is 10.3 Å². The molecule has 3 rings (SSSR count). The molecular formula is C16H14N2O. The summed E-state index contributed by atoms with van der Waals surface area (Å²) in [5, 5.41) is 3.92. The highest BCUT2D eigenvalue weighted by molar-refractivity contribution is 6.06. The van der Waals surface area contributed by atoms with Crippen LogP contribution in [-0.4, -0.2) is 10.9 Å². The monoisotopic (exact) mass is 250 g/mol. The van der Waals surface area contributed by atoms with Crippen molar-refractivity contribution < 1.29 is 4.79 Å². The second kappa shape index (κ2) is 4.61. The summed E-state index contributed by atoms with van der Waals surface area (Å²) in [4.78, 5) is 15.3. The predicted molar refractivity (Wildman–Crippen MR) is 77.4 cm³/mol. The molecule has 0 radical (unpaired) electrons. The normalized spacial score (nSPS) is 10.6. The van der Waals surface area contributed by atoms with Crippen molar-refractivity contribution in [2.45, 2.75) is 6.92 Å². The van der Waals surface area contributed by atoms with Crippen LogP contribution in [0.1, 0.15) is 16.1 Å². The molecule has 0 aliphatic heterocycles. The minimum Gasteiger partial charge on any atom is -0.350 e. The molecule has 0 aliphatic rings. The fourth-order valence-electron chi connectivity index (χ4n) is 2.15. The SMILES string of the molecule is Cc1cccc2cc(C(=O)Nc3ccccc3)[nH]c12. The van der Waals surface area contributed by atoms with Gasteiger partial charge < -0.3 is 10.3 Å². The van der Waals surface area contributed by atoms with Gasteiger partial charge in [-0.1, -0.05) is 36.4 Å². The van der Waals surface area contributed by atoms with Crippen molar-refractivity contribution in [2.75, 3.05) is 5.32 Å². The third kappa shape index (κ3) is 2.22. The third-order valence-corrected chi connectivity index (χ3v) is 3.14. The van der Waals surface area contributed by atoms with E-state index in [4.69, 9.17) is 0 Å². The Morgan fingerprint density at radius 1 is 1.05 bits per heavy atom. The molecule has 2 aromatic carbocycles. The molecule has 0 bridgehead atoms. The predicted octanol–water partition coefficient (Wildman–Crippen LogP) is 3.73. The first kappa shape index (κ1) is 11.5. The van der Waals surface area contributed by atoms with Crippen molar-refractivity contribution in [3.8, 4) is 0 Å². The van der Waals surface area contributed by atoms with E-state index >= 15 is 0 Å². The highest BCUT2D eigenvalue weighted by atomic mass is 16.1. The van der Waals surface area contributed by atoms with Crippen LogP contribution < -0.4 is 5.32 Å². The number of H-pyrrole nitrogens is 1. The molecule has 0 fully saturated rings. The van der Waals surface area contributed by atoms with Crippen LogP contribution in [0.4, 0.5) is 5.69 Å². The van der Waals surface area contributed by atoms with E-state index in [1.165, 1.54) is 0 Å². The number of aromatic nitrogens is 1. The van der Waals surface area contributed by atoms with Crippen molar-refractivity contribution in [2.24, 2.45) is 0 Å². The molecule has 0 unspecified atom stereocenters. The minimum absolute atomic E-state index is 0.123. The number of carbonyl (C=O) groups excluding carboxylic acids is 1. The standard InChI is InChI=1S/C16H14N2O/c1-11-6-5-7-12-10-14(18-15(11)12)16(19)17-13-8-3-2-4-9-13/h2-10,18H,1H3,(H,17,19). The van der Waals surface area contributed by atoms with Gasteiger partial charge in [-0.05, 0) is 30.7 Å². The van der Waals surface area contributed by atoms with Gasteiger partial charge >= 0.3 is 0 Å². The van der Waals surface area contributed by atoms with Gasteiger partial charge in [-0.15, -0.1) is 0 Å². The number of hydrogen-bond donors (Lipinski definition) is 2. The van der Waals surface area contributed by atoms with E-state index in [-0.39, 0.29) is 5.91 Å². The number of carbonyl (C=O) groups is 1. The maximum absolute atomic E-state index is 12.2. The van der Waals surface area contributed by atoms with Crippen LogP contribution in [0.25, 0.3) is 10.9 Å². The second-order valence-corrected chi connectivity index (χ2v) is 4.54. The number of amides is 1. The molecule has 3 aromatic rings. The first-order valence-corrected chi connectivity index (χ1v) is 6.19. The molecule has 94 valence electrons. The topological polar surface area (TPSA) is 44.9 Å². The molecule has 2 N–H and O–H groups in total. The summed E-state index contributed by atoms with van der Waals surface area (Å²) in [5.41, 5.74) is 3.52. The van der Waals surface area contributed by atoms with E-state index in [9.17, 15) is 4.79 Å². The van der Waals surface area contributed by atoms with Crippen LogP contribution >= 0.6 is 0 Å². The number of fused-ring (bicyclic) bond motifs is 1. The summed E-state index contributed by atoms with van der Waals surface area (Å²) in [6.07, 6.45) is 0. The lowest BCUT2D eigenvalue weighted by atomic mass is 10.2. The number of para-hydroxylation sites is 2. The van der Waals surface area contributed by atoms with E-state index in [1.807, 2.05) is 61.5 Å². The Balaban J connectivity index is 1.92. The van der Waals surface area contributed by atoms with E-state index in [0.29, 0.717) is 5.69 Å². The maximum atomic E-state index is 12.2. The Morgan fingerprint density at radius 2 is 1.84 bits per heavy atom. The van der Waals surface area contributed by atoms with Crippen molar-refractivity contribution in [3.63, 3.8) is 0 Å². The van der Waals surface area contributed by atoms with Crippen LogP contribution in [0.5, 0.6) is 0 Å². The van der Waals surface area contributed by atoms with Gasteiger partial charge in [0.1, 0.15) is 5.69 Å². The second-order valence-electron chi connectivity index (χ2n) is 4.54. The van der Waals surface area contributed by atoms with Gasteiger partial charge in [0.25, 0.3) is 5.91 Å². The zero-order valence-electron chi connectivity index (χ0n) is 10.6. The molecule has 1 amide bonds. The molecule has 1 heterocycles. The smallest absolute Gasteiger partial charge is 0.272 e. The number of benzene rings is 2. The van der Waals surface area contributed by atoms with Crippen LogP contribution in [0, 0.1) is 6.92 Å². The number of anilines is 1. The Morgan fingerprint density at radius 3 is 2.58 bits per heavy atom. The number of aromatic amines is 1. The Bertz CT molecular complexity index is 729. The highest BCUT2D eigenvalue weighted by Gasteiger charge is 2.10. The molecule has 3 nitrogen and oxygen atoms in total. The largest absolute Gasteiger partial charge is 0.350 e. The highest BCUT2D eigenvalue weighted by Crippen LogP contribution is 2.19. The molecule has 0 saturated carbocycles. The molecule has 0 atom stereocenters. The summed E-state index contributed by atoms with van der Waals surface area (Å²) < 4.78 is 0. The van der Waals surface area contributed by atoms with Gasteiger partial charge in [-0.2, -0.15) is 0 Å². The number of hydrogen-bond acceptors (Lipinski definition) is 1. The van der Waals surface area contributed by atoms with Gasteiger partial charge in [0, 0.05) is 16.6 Å². The lowest BCUT2D eigenvalue weighted by molar-refractivity contribution is 0.102. The number of aryl methyl sites for hydroxylation is 1. The Labute approximate surface area is 111 Å². The first-order valence-electron chi connectivity index (χ1n) is 6.19. The van der Waals surface area contributed by atoms with Crippen LogP contribution in [0.3, 0.4) is 0 Å². The van der Waals surface area contributed by atoms with Crippen molar-refractivity contribution in [3.05, 3.63) is 65.9 Å². The van der Waals surface area contributed by atoms with E-state index in [0.717, 1.165) is 22.2 Å². The summed E-state index contributed by atoms with van der Waals surface area (Å²) in [6.45, 7) is 2.03. The number of rotatable bonds is 2. The van der Waals surface area contributed by atoms with Gasteiger partial charge in [0.15, 0.2) is 0 Å². The maximum Gasteiger partial charge on any atom is 0.272 e. The van der Waals surface area contributed by atoms with Crippen LogP contribution in [0.15, 0.2) is 54.6 Å². The van der Waals surface area contributed by atoms with Crippen molar-refractivity contribution in [1.29, 1.82) is 0 Å². The van der Waals surface area contributed by atoms with Gasteiger partial charge in [-0.3, -0.25) is 4.79 Å². The van der Waals surface area contributed by atoms with Gasteiger partial charge in [-0.25, -0.2) is 0 Å². The van der Waals surface area contributed by atoms with E-state index < -0.39 is 0 Å². The molecule has 0 spiro atoms. The summed E-state index contributed by atoms with van der Waals surface area (Å²) in [7, 11) is 0. The average Bonchev–Trinajstić information content (AvgIpc) is 2.85. The van der Waals surface area contributed by atoms with Crippen molar-refractivity contribution >= 4 is 22.5 Å². The molecule has 3 heteroatoms. The van der Waals surface area contributed by atoms with E-state index in [1.54, 1.807) is 0 Å². The zero-order chi connectivity index (χ0) is 13.2. The quantitative estimate of drug-likeness (QED) is 0.715. The zero-order valence-corrected chi connectivity index (χ0v) is 10.6. The van der Waals surface area contributed by atoms with Crippen LogP contribution in [0.2, 0.25) is 0 Å². The fourth-order valence-corrected chi connectivity index (χ4v) is 2.15. The minimum atomic E-state index is -0.123. The molecule has 1 aromatic heterocycles. The summed E-state index contributed by atoms with van der Waals surface area (Å²) >= 11 is 0. The van der Waals surface area contributed by atoms with Gasteiger partial charge in [0.05, 0.1) is 0 Å². The van der Waals surface area contributed by atoms with Crippen molar-refractivity contribution in [1.82, 2.24) is 4.98 Å². The Hall–Kier alpha value is -2.55. The number of nitrogens with one attached hydrogen (secondary N) is 2. The summed E-state index contributed by atoms with van der Waals surface area (Å²) in [6, 6.07) is 17.3. The Kier molecular flexibility index (Phi) is 2.80.